The quantitative estimate of drug-likeness (QED) is 0.819. The molecule has 2 aromatic carbocycles. The Morgan fingerprint density at radius 1 is 0.875 bits per heavy atom. The minimum absolute atomic E-state index is 0.608. The van der Waals surface area contributed by atoms with Gasteiger partial charge in [0.25, 0.3) is 0 Å². The van der Waals surface area contributed by atoms with Gasteiger partial charge in [-0.3, -0.25) is 0 Å². The topological polar surface area (TPSA) is 21.3 Å². The van der Waals surface area contributed by atoms with Crippen molar-refractivity contribution in [1.29, 1.82) is 0 Å². The van der Waals surface area contributed by atoms with Crippen molar-refractivity contribution in [3.8, 4) is 5.75 Å². The van der Waals surface area contributed by atoms with E-state index in [0.29, 0.717) is 15.8 Å². The van der Waals surface area contributed by atoms with E-state index in [2.05, 4.69) is 5.48 Å². The highest BCUT2D eigenvalue weighted by atomic mass is 35.5. The third kappa shape index (κ3) is 2.81. The summed E-state index contributed by atoms with van der Waals surface area (Å²) < 4.78 is 0. The Labute approximate surface area is 104 Å². The summed E-state index contributed by atoms with van der Waals surface area (Å²) in [7, 11) is 0. The van der Waals surface area contributed by atoms with E-state index in [9.17, 15) is 0 Å². The fourth-order valence-corrected chi connectivity index (χ4v) is 1.46. The largest absolute Gasteiger partial charge is 0.382 e. The average molecular weight is 254 g/mol. The van der Waals surface area contributed by atoms with Crippen molar-refractivity contribution in [3.63, 3.8) is 0 Å². The molecule has 2 aromatic rings. The number of nitrogens with one attached hydrogen (secondary N) is 1. The molecule has 2 nitrogen and oxygen atoms in total. The van der Waals surface area contributed by atoms with Crippen LogP contribution in [0.3, 0.4) is 0 Å². The molecule has 16 heavy (non-hydrogen) atoms. The van der Waals surface area contributed by atoms with Crippen molar-refractivity contribution >= 4 is 28.9 Å². The molecule has 0 amide bonds. The first-order valence-electron chi connectivity index (χ1n) is 4.68. The zero-order valence-corrected chi connectivity index (χ0v) is 9.79. The van der Waals surface area contributed by atoms with Gasteiger partial charge in [0.1, 0.15) is 0 Å². The summed E-state index contributed by atoms with van der Waals surface area (Å²) in [5.74, 6) is 0.671. The number of para-hydroxylation sites is 1. The molecule has 82 valence electrons. The van der Waals surface area contributed by atoms with E-state index in [0.717, 1.165) is 5.69 Å². The summed E-state index contributed by atoms with van der Waals surface area (Å²) in [4.78, 5) is 5.33. The summed E-state index contributed by atoms with van der Waals surface area (Å²) in [6, 6.07) is 14.4. The first-order valence-corrected chi connectivity index (χ1v) is 5.44. The molecule has 0 saturated heterocycles. The number of hydrogen-bond acceptors (Lipinski definition) is 2. The fourth-order valence-electron chi connectivity index (χ4n) is 1.16. The van der Waals surface area contributed by atoms with Gasteiger partial charge in [-0.1, -0.05) is 35.3 Å². The van der Waals surface area contributed by atoms with Crippen LogP contribution in [0, 0.1) is 0 Å². The maximum Gasteiger partial charge on any atom is 0.155 e. The minimum Gasteiger partial charge on any atom is -0.382 e. The van der Waals surface area contributed by atoms with Gasteiger partial charge in [-0.2, -0.15) is 0 Å². The maximum atomic E-state index is 5.95. The number of halogens is 2. The first-order chi connectivity index (χ1) is 7.75. The molecule has 0 spiro atoms. The molecule has 0 fully saturated rings. The normalized spacial score (nSPS) is 9.88. The van der Waals surface area contributed by atoms with Crippen molar-refractivity contribution in [3.05, 3.63) is 58.6 Å². The zero-order valence-electron chi connectivity index (χ0n) is 8.28. The van der Waals surface area contributed by atoms with Gasteiger partial charge in [0, 0.05) is 5.02 Å². The van der Waals surface area contributed by atoms with Crippen molar-refractivity contribution < 1.29 is 4.84 Å². The lowest BCUT2D eigenvalue weighted by atomic mass is 10.3. The molecule has 0 unspecified atom stereocenters. The van der Waals surface area contributed by atoms with Gasteiger partial charge in [-0.15, -0.1) is 0 Å². The highest BCUT2D eigenvalue weighted by molar-refractivity contribution is 6.33. The lowest BCUT2D eigenvalue weighted by Crippen LogP contribution is -2.04. The molecular weight excluding hydrogens is 245 g/mol. The Morgan fingerprint density at radius 2 is 1.56 bits per heavy atom. The third-order valence-electron chi connectivity index (χ3n) is 1.97. The second kappa shape index (κ2) is 5.10. The molecule has 0 aromatic heterocycles. The van der Waals surface area contributed by atoms with Crippen LogP contribution in [0.4, 0.5) is 5.69 Å². The summed E-state index contributed by atoms with van der Waals surface area (Å²) >= 11 is 11.7. The van der Waals surface area contributed by atoms with Gasteiger partial charge in [0.2, 0.25) is 0 Å². The monoisotopic (exact) mass is 253 g/mol. The third-order valence-corrected chi connectivity index (χ3v) is 2.55. The van der Waals surface area contributed by atoms with Gasteiger partial charge < -0.3 is 4.84 Å². The molecule has 0 aliphatic heterocycles. The Kier molecular flexibility index (Phi) is 3.54. The summed E-state index contributed by atoms with van der Waals surface area (Å²) in [6.45, 7) is 0. The smallest absolute Gasteiger partial charge is 0.155 e. The van der Waals surface area contributed by atoms with Crippen LogP contribution >= 0.6 is 23.2 Å². The average Bonchev–Trinajstić information content (AvgIpc) is 2.30. The Balaban J connectivity index is 2.02. The number of hydrogen-bond donors (Lipinski definition) is 1. The highest BCUT2D eigenvalue weighted by Gasteiger charge is 1.98. The standard InChI is InChI=1S/C12H9Cl2NO/c13-9-5-7-10(8-6-9)16-15-12-4-2-1-3-11(12)14/h1-8,15H. The van der Waals surface area contributed by atoms with E-state index >= 15 is 0 Å². The van der Waals surface area contributed by atoms with E-state index in [4.69, 9.17) is 28.0 Å². The predicted molar refractivity (Wildman–Crippen MR) is 67.2 cm³/mol. The molecule has 2 rings (SSSR count). The summed E-state index contributed by atoms with van der Waals surface area (Å²) in [5.41, 5.74) is 3.50. The molecule has 0 heterocycles. The van der Waals surface area contributed by atoms with Crippen LogP contribution in [0.2, 0.25) is 10.0 Å². The van der Waals surface area contributed by atoms with Crippen LogP contribution < -0.4 is 10.3 Å². The number of rotatable bonds is 3. The van der Waals surface area contributed by atoms with Crippen molar-refractivity contribution in [1.82, 2.24) is 0 Å². The molecule has 0 radical (unpaired) electrons. The van der Waals surface area contributed by atoms with E-state index in [1.165, 1.54) is 0 Å². The highest BCUT2D eigenvalue weighted by Crippen LogP contribution is 2.22. The Hall–Kier alpha value is -1.38. The lowest BCUT2D eigenvalue weighted by molar-refractivity contribution is 0.405. The summed E-state index contributed by atoms with van der Waals surface area (Å²) in [6.07, 6.45) is 0. The van der Waals surface area contributed by atoms with Crippen LogP contribution in [-0.4, -0.2) is 0 Å². The van der Waals surface area contributed by atoms with Crippen molar-refractivity contribution in [2.75, 3.05) is 5.48 Å². The van der Waals surface area contributed by atoms with Crippen LogP contribution in [0.5, 0.6) is 5.75 Å². The van der Waals surface area contributed by atoms with Crippen LogP contribution in [-0.2, 0) is 0 Å². The molecule has 0 aliphatic rings. The molecule has 0 saturated carbocycles. The Morgan fingerprint density at radius 3 is 2.25 bits per heavy atom. The maximum absolute atomic E-state index is 5.95. The van der Waals surface area contributed by atoms with E-state index in [1.807, 2.05) is 18.2 Å². The van der Waals surface area contributed by atoms with Crippen LogP contribution in [0.1, 0.15) is 0 Å². The molecule has 4 heteroatoms. The summed E-state index contributed by atoms with van der Waals surface area (Å²) in [5, 5.41) is 1.28. The van der Waals surface area contributed by atoms with Gasteiger partial charge in [-0.05, 0) is 36.4 Å². The second-order valence-corrected chi connectivity index (χ2v) is 3.98. The molecular formula is C12H9Cl2NO. The SMILES string of the molecule is Clc1ccc(ONc2ccccc2Cl)cc1. The van der Waals surface area contributed by atoms with Crippen LogP contribution in [0.15, 0.2) is 48.5 Å². The Bertz CT molecular complexity index is 471. The zero-order chi connectivity index (χ0) is 11.4. The first kappa shape index (κ1) is 11.1. The van der Waals surface area contributed by atoms with E-state index < -0.39 is 0 Å². The van der Waals surface area contributed by atoms with Crippen molar-refractivity contribution in [2.24, 2.45) is 0 Å². The van der Waals surface area contributed by atoms with Gasteiger partial charge in [-0.25, -0.2) is 5.48 Å². The predicted octanol–water partition coefficient (Wildman–Crippen LogP) is 4.40. The van der Waals surface area contributed by atoms with E-state index in [-0.39, 0.29) is 0 Å². The van der Waals surface area contributed by atoms with Gasteiger partial charge in [0.15, 0.2) is 5.75 Å². The van der Waals surface area contributed by atoms with Gasteiger partial charge >= 0.3 is 0 Å². The lowest BCUT2D eigenvalue weighted by Gasteiger charge is -2.09. The number of benzene rings is 2. The molecule has 1 N–H and O–H groups in total. The molecule has 0 bridgehead atoms. The molecule has 0 aliphatic carbocycles. The fraction of sp³-hybridized carbons (Fsp3) is 0. The number of anilines is 1. The minimum atomic E-state index is 0.608. The molecule has 0 atom stereocenters. The van der Waals surface area contributed by atoms with E-state index in [1.54, 1.807) is 30.3 Å². The van der Waals surface area contributed by atoms with Gasteiger partial charge in [0.05, 0.1) is 10.7 Å². The van der Waals surface area contributed by atoms with Crippen molar-refractivity contribution in [2.45, 2.75) is 0 Å². The van der Waals surface area contributed by atoms with Crippen LogP contribution in [0.25, 0.3) is 0 Å². The second-order valence-electron chi connectivity index (χ2n) is 3.14.